The molecule has 30 heavy (non-hydrogen) atoms. The van der Waals surface area contributed by atoms with E-state index < -0.39 is 10.0 Å². The van der Waals surface area contributed by atoms with Crippen molar-refractivity contribution in [1.29, 1.82) is 0 Å². The van der Waals surface area contributed by atoms with E-state index in [9.17, 15) is 13.2 Å². The molecular formula is C22H29N4O3S+. The van der Waals surface area contributed by atoms with Gasteiger partial charge in [0.05, 0.1) is 24.2 Å². The van der Waals surface area contributed by atoms with E-state index in [1.807, 2.05) is 36.2 Å². The van der Waals surface area contributed by atoms with Crippen molar-refractivity contribution in [2.75, 3.05) is 44.2 Å². The van der Waals surface area contributed by atoms with E-state index in [1.165, 1.54) is 0 Å². The van der Waals surface area contributed by atoms with Gasteiger partial charge in [-0.15, -0.1) is 0 Å². The van der Waals surface area contributed by atoms with Gasteiger partial charge in [0.15, 0.2) is 0 Å². The van der Waals surface area contributed by atoms with Crippen LogP contribution in [0.15, 0.2) is 47.5 Å². The van der Waals surface area contributed by atoms with Gasteiger partial charge in [-0.05, 0) is 43.5 Å². The van der Waals surface area contributed by atoms with Crippen molar-refractivity contribution >= 4 is 21.7 Å². The number of sulfonamides is 1. The van der Waals surface area contributed by atoms with Crippen LogP contribution < -0.4 is 9.88 Å². The van der Waals surface area contributed by atoms with Gasteiger partial charge < -0.3 is 4.90 Å². The molecule has 1 amide bonds. The van der Waals surface area contributed by atoms with E-state index in [0.29, 0.717) is 31.7 Å². The standard InChI is InChI=1S/C22H28N4O3S/c1-18-8-9-19(30(28,29)26-11-5-2-6-12-26)17-20(18)22(27)25-15-13-24(14-16-25)21-7-3-4-10-23-21/h3-4,7-10,17H,2,5-6,11-16H2,1H3/p+1. The summed E-state index contributed by atoms with van der Waals surface area (Å²) in [5, 5.41) is 0. The molecule has 2 aromatic rings. The fourth-order valence-electron chi connectivity index (χ4n) is 4.15. The molecule has 2 fully saturated rings. The molecule has 7 nitrogen and oxygen atoms in total. The Hall–Kier alpha value is -2.45. The normalized spacial score (nSPS) is 18.4. The van der Waals surface area contributed by atoms with Gasteiger partial charge in [-0.3, -0.25) is 9.69 Å². The maximum atomic E-state index is 13.2. The lowest BCUT2D eigenvalue weighted by molar-refractivity contribution is -0.364. The fraction of sp³-hybridized carbons (Fsp3) is 0.455. The van der Waals surface area contributed by atoms with E-state index in [4.69, 9.17) is 0 Å². The third-order valence-electron chi connectivity index (χ3n) is 5.99. The average molecular weight is 430 g/mol. The van der Waals surface area contributed by atoms with Crippen molar-refractivity contribution < 1.29 is 18.2 Å². The van der Waals surface area contributed by atoms with Crippen LogP contribution in [-0.2, 0) is 10.0 Å². The van der Waals surface area contributed by atoms with Crippen LogP contribution in [0.4, 0.5) is 5.82 Å². The van der Waals surface area contributed by atoms with Crippen LogP contribution in [0.25, 0.3) is 0 Å². The second kappa shape index (κ2) is 8.73. The lowest BCUT2D eigenvalue weighted by Gasteiger charge is -2.31. The molecule has 160 valence electrons. The average Bonchev–Trinajstić information content (AvgIpc) is 2.80. The third kappa shape index (κ3) is 4.20. The number of aromatic amines is 1. The minimum absolute atomic E-state index is 0.0973. The number of benzene rings is 1. The maximum Gasteiger partial charge on any atom is 0.274 e. The number of nitrogens with one attached hydrogen (secondary N) is 1. The third-order valence-corrected chi connectivity index (χ3v) is 7.89. The van der Waals surface area contributed by atoms with E-state index in [-0.39, 0.29) is 10.8 Å². The van der Waals surface area contributed by atoms with Gasteiger partial charge in [0.1, 0.15) is 13.1 Å². The Kier molecular flexibility index (Phi) is 6.06. The first-order valence-corrected chi connectivity index (χ1v) is 12.0. The van der Waals surface area contributed by atoms with Gasteiger partial charge >= 0.3 is 0 Å². The van der Waals surface area contributed by atoms with Gasteiger partial charge in [-0.25, -0.2) is 13.4 Å². The number of H-pyrrole nitrogens is 1. The molecule has 2 saturated heterocycles. The summed E-state index contributed by atoms with van der Waals surface area (Å²) in [4.78, 5) is 20.7. The zero-order chi connectivity index (χ0) is 21.1. The molecule has 0 aliphatic carbocycles. The van der Waals surface area contributed by atoms with Crippen LogP contribution >= 0.6 is 0 Å². The lowest BCUT2D eigenvalue weighted by atomic mass is 10.1. The summed E-state index contributed by atoms with van der Waals surface area (Å²) in [7, 11) is -3.56. The smallest absolute Gasteiger partial charge is 0.274 e. The number of carbonyl (C=O) groups is 1. The molecular weight excluding hydrogens is 400 g/mol. The molecule has 2 aliphatic rings. The maximum absolute atomic E-state index is 13.2. The molecule has 2 aliphatic heterocycles. The number of aromatic nitrogens is 1. The van der Waals surface area contributed by atoms with Gasteiger partial charge in [0, 0.05) is 24.7 Å². The van der Waals surface area contributed by atoms with Crippen LogP contribution in [0.3, 0.4) is 0 Å². The summed E-state index contributed by atoms with van der Waals surface area (Å²) in [6, 6.07) is 10.9. The number of pyridine rings is 1. The Labute approximate surface area is 178 Å². The molecule has 0 bridgehead atoms. The number of hydrogen-bond donors (Lipinski definition) is 0. The number of piperazine rings is 1. The lowest BCUT2D eigenvalue weighted by Crippen LogP contribution is -2.50. The second-order valence-electron chi connectivity index (χ2n) is 7.97. The van der Waals surface area contributed by atoms with E-state index >= 15 is 0 Å². The summed E-state index contributed by atoms with van der Waals surface area (Å²) in [6.07, 6.45) is 4.74. The molecule has 0 saturated carbocycles. The fourth-order valence-corrected chi connectivity index (χ4v) is 5.69. The van der Waals surface area contributed by atoms with Crippen molar-refractivity contribution in [2.45, 2.75) is 31.1 Å². The minimum atomic E-state index is -3.56. The van der Waals surface area contributed by atoms with Gasteiger partial charge in [-0.1, -0.05) is 18.6 Å². The van der Waals surface area contributed by atoms with Crippen molar-refractivity contribution in [3.05, 3.63) is 53.7 Å². The summed E-state index contributed by atoms with van der Waals surface area (Å²) < 4.78 is 27.6. The SMILES string of the molecule is Cc1ccc(S(=O)(=O)N2CCCCC2)cc1C(=O)N1CCN(c2cccc[nH+]2)CC1. The highest BCUT2D eigenvalue weighted by atomic mass is 32.2. The number of anilines is 1. The quantitative estimate of drug-likeness (QED) is 0.745. The van der Waals surface area contributed by atoms with Crippen LogP contribution in [0.5, 0.6) is 0 Å². The predicted octanol–water partition coefficient (Wildman–Crippen LogP) is 1.95. The molecule has 1 N–H and O–H groups in total. The molecule has 0 radical (unpaired) electrons. The van der Waals surface area contributed by atoms with Crippen molar-refractivity contribution in [1.82, 2.24) is 9.21 Å². The molecule has 3 heterocycles. The van der Waals surface area contributed by atoms with Gasteiger partial charge in [0.25, 0.3) is 11.7 Å². The zero-order valence-electron chi connectivity index (χ0n) is 17.4. The molecule has 4 rings (SSSR count). The number of amides is 1. The molecule has 0 spiro atoms. The zero-order valence-corrected chi connectivity index (χ0v) is 18.2. The van der Waals surface area contributed by atoms with E-state index in [0.717, 1.165) is 43.7 Å². The number of hydrogen-bond acceptors (Lipinski definition) is 4. The summed E-state index contributed by atoms with van der Waals surface area (Å²) in [5.74, 6) is 0.940. The number of aryl methyl sites for hydroxylation is 1. The monoisotopic (exact) mass is 429 g/mol. The Morgan fingerprint density at radius 3 is 2.33 bits per heavy atom. The number of piperidine rings is 1. The summed E-state index contributed by atoms with van der Waals surface area (Å²) in [5.41, 5.74) is 1.28. The molecule has 1 aromatic carbocycles. The van der Waals surface area contributed by atoms with Crippen LogP contribution in [-0.4, -0.2) is 62.8 Å². The van der Waals surface area contributed by atoms with E-state index in [2.05, 4.69) is 9.88 Å². The topological polar surface area (TPSA) is 75.1 Å². The summed E-state index contributed by atoms with van der Waals surface area (Å²) >= 11 is 0. The second-order valence-corrected chi connectivity index (χ2v) is 9.91. The minimum Gasteiger partial charge on any atom is -0.331 e. The first-order valence-electron chi connectivity index (χ1n) is 10.6. The molecule has 1 aromatic heterocycles. The van der Waals surface area contributed by atoms with E-state index in [1.54, 1.807) is 22.5 Å². The molecule has 8 heteroatoms. The van der Waals surface area contributed by atoms with Gasteiger partial charge in [-0.2, -0.15) is 4.31 Å². The highest BCUT2D eigenvalue weighted by molar-refractivity contribution is 7.89. The van der Waals surface area contributed by atoms with Crippen molar-refractivity contribution in [2.24, 2.45) is 0 Å². The molecule has 0 atom stereocenters. The van der Waals surface area contributed by atoms with Crippen LogP contribution in [0, 0.1) is 6.92 Å². The van der Waals surface area contributed by atoms with Gasteiger partial charge in [0.2, 0.25) is 10.0 Å². The highest BCUT2D eigenvalue weighted by Crippen LogP contribution is 2.24. The Morgan fingerprint density at radius 2 is 1.67 bits per heavy atom. The molecule has 0 unspecified atom stereocenters. The first-order chi connectivity index (χ1) is 14.5. The summed E-state index contributed by atoms with van der Waals surface area (Å²) in [6.45, 7) is 5.64. The van der Waals surface area contributed by atoms with Crippen LogP contribution in [0.1, 0.15) is 35.2 Å². The highest BCUT2D eigenvalue weighted by Gasteiger charge is 2.30. The Balaban J connectivity index is 1.50. The number of carbonyl (C=O) groups excluding carboxylic acids is 1. The largest absolute Gasteiger partial charge is 0.331 e. The van der Waals surface area contributed by atoms with Crippen LogP contribution in [0.2, 0.25) is 0 Å². The first kappa shape index (κ1) is 20.8. The number of nitrogens with zero attached hydrogens (tertiary/aromatic N) is 3. The van der Waals surface area contributed by atoms with Crippen molar-refractivity contribution in [3.63, 3.8) is 0 Å². The predicted molar refractivity (Wildman–Crippen MR) is 115 cm³/mol. The Bertz CT molecular complexity index is 996. The van der Waals surface area contributed by atoms with Crippen molar-refractivity contribution in [3.8, 4) is 0 Å². The number of rotatable bonds is 4. The Morgan fingerprint density at radius 1 is 0.933 bits per heavy atom.